The zero-order chi connectivity index (χ0) is 20.6. The van der Waals surface area contributed by atoms with E-state index in [0.29, 0.717) is 51.5 Å². The number of nitrogens with zero attached hydrogens (tertiary/aromatic N) is 1. The average molecular weight is 413 g/mol. The van der Waals surface area contributed by atoms with Gasteiger partial charge in [0.1, 0.15) is 5.75 Å². The summed E-state index contributed by atoms with van der Waals surface area (Å²) in [6, 6.07) is 4.90. The molecule has 0 unspecified atom stereocenters. The van der Waals surface area contributed by atoms with E-state index in [1.54, 1.807) is 18.2 Å². The van der Waals surface area contributed by atoms with Gasteiger partial charge in [0.25, 0.3) is 0 Å². The molecule has 2 rings (SSSR count). The number of rotatable bonds is 10. The van der Waals surface area contributed by atoms with E-state index >= 15 is 0 Å². The van der Waals surface area contributed by atoms with Crippen molar-refractivity contribution in [3.8, 4) is 5.75 Å². The number of sulfonamides is 1. The molecule has 1 aromatic rings. The molecule has 28 heavy (non-hydrogen) atoms. The molecule has 0 aliphatic carbocycles. The highest BCUT2D eigenvalue weighted by molar-refractivity contribution is 7.89. The van der Waals surface area contributed by atoms with Crippen molar-refractivity contribution < 1.29 is 22.7 Å². The Morgan fingerprint density at radius 1 is 1.29 bits per heavy atom. The smallest absolute Gasteiger partial charge is 0.243 e. The fourth-order valence-electron chi connectivity index (χ4n) is 3.30. The minimum absolute atomic E-state index is 0.0840. The highest BCUT2D eigenvalue weighted by Gasteiger charge is 2.33. The van der Waals surface area contributed by atoms with Gasteiger partial charge in [-0.15, -0.1) is 0 Å². The first-order valence-corrected chi connectivity index (χ1v) is 11.4. The van der Waals surface area contributed by atoms with Crippen LogP contribution in [0.2, 0.25) is 0 Å². The third-order valence-corrected chi connectivity index (χ3v) is 6.67. The summed E-state index contributed by atoms with van der Waals surface area (Å²) in [6.45, 7) is 8.64. The summed E-state index contributed by atoms with van der Waals surface area (Å²) in [5.74, 6) is 0.281. The number of amides is 1. The lowest BCUT2D eigenvalue weighted by Crippen LogP contribution is -2.45. The van der Waals surface area contributed by atoms with E-state index in [2.05, 4.69) is 5.32 Å². The number of carbonyl (C=O) groups is 1. The van der Waals surface area contributed by atoms with Crippen LogP contribution in [-0.4, -0.2) is 58.1 Å². The predicted molar refractivity (Wildman–Crippen MR) is 108 cm³/mol. The third-order valence-electron chi connectivity index (χ3n) is 4.81. The predicted octanol–water partition coefficient (Wildman–Crippen LogP) is 2.34. The number of ether oxygens (including phenoxy) is 2. The molecule has 1 aliphatic heterocycles. The zero-order valence-corrected chi connectivity index (χ0v) is 17.9. The van der Waals surface area contributed by atoms with Crippen molar-refractivity contribution >= 4 is 15.9 Å². The van der Waals surface area contributed by atoms with Gasteiger partial charge in [0.2, 0.25) is 15.9 Å². The molecule has 8 heteroatoms. The Bertz CT molecular complexity index is 751. The Morgan fingerprint density at radius 3 is 2.75 bits per heavy atom. The van der Waals surface area contributed by atoms with E-state index in [-0.39, 0.29) is 23.3 Å². The Labute approximate surface area is 168 Å². The minimum atomic E-state index is -3.64. The third kappa shape index (κ3) is 5.93. The molecule has 0 radical (unpaired) electrons. The molecule has 0 aromatic heterocycles. The standard InChI is InChI=1S/C20H32N2O5S/c1-4-26-13-7-11-21-20(23)17-8-6-12-22(15-17)28(24,25)18-9-10-19(27-5-2)16(3)14-18/h9-10,14,17H,4-8,11-13,15H2,1-3H3,(H,21,23)/t17-/m1/s1. The van der Waals surface area contributed by atoms with E-state index in [4.69, 9.17) is 9.47 Å². The fraction of sp³-hybridized carbons (Fsp3) is 0.650. The number of piperidine rings is 1. The Kier molecular flexibility index (Phi) is 8.72. The van der Waals surface area contributed by atoms with Gasteiger partial charge in [-0.05, 0) is 63.8 Å². The molecule has 0 bridgehead atoms. The van der Waals surface area contributed by atoms with Crippen LogP contribution < -0.4 is 10.1 Å². The monoisotopic (exact) mass is 412 g/mol. The van der Waals surface area contributed by atoms with E-state index in [1.807, 2.05) is 20.8 Å². The minimum Gasteiger partial charge on any atom is -0.494 e. The Morgan fingerprint density at radius 2 is 2.07 bits per heavy atom. The van der Waals surface area contributed by atoms with E-state index in [1.165, 1.54) is 4.31 Å². The van der Waals surface area contributed by atoms with Crippen LogP contribution in [0.3, 0.4) is 0 Å². The van der Waals surface area contributed by atoms with Gasteiger partial charge in [-0.3, -0.25) is 4.79 Å². The SMILES string of the molecule is CCOCCCNC(=O)[C@@H]1CCCN(S(=O)(=O)c2ccc(OCC)c(C)c2)C1. The maximum absolute atomic E-state index is 13.0. The Hall–Kier alpha value is -1.64. The molecule has 1 fully saturated rings. The zero-order valence-electron chi connectivity index (χ0n) is 17.1. The molecule has 1 atom stereocenters. The molecule has 1 aromatic carbocycles. The lowest BCUT2D eigenvalue weighted by Gasteiger charge is -2.31. The molecule has 158 valence electrons. The molecular weight excluding hydrogens is 380 g/mol. The average Bonchev–Trinajstić information content (AvgIpc) is 2.69. The number of hydrogen-bond acceptors (Lipinski definition) is 5. The molecule has 1 aliphatic rings. The maximum Gasteiger partial charge on any atom is 0.243 e. The van der Waals surface area contributed by atoms with Crippen LogP contribution in [0.15, 0.2) is 23.1 Å². The van der Waals surface area contributed by atoms with Crippen LogP contribution in [0.1, 0.15) is 38.7 Å². The Balaban J connectivity index is 2.00. The van der Waals surface area contributed by atoms with Gasteiger partial charge in [-0.25, -0.2) is 8.42 Å². The number of benzene rings is 1. The summed E-state index contributed by atoms with van der Waals surface area (Å²) >= 11 is 0. The van der Waals surface area contributed by atoms with Crippen molar-refractivity contribution in [1.29, 1.82) is 0 Å². The summed E-state index contributed by atoms with van der Waals surface area (Å²) in [7, 11) is -3.64. The second-order valence-corrected chi connectivity index (χ2v) is 8.84. The summed E-state index contributed by atoms with van der Waals surface area (Å²) in [5.41, 5.74) is 0.781. The van der Waals surface area contributed by atoms with Crippen molar-refractivity contribution in [2.24, 2.45) is 5.92 Å². The van der Waals surface area contributed by atoms with Crippen molar-refractivity contribution in [3.63, 3.8) is 0 Å². The van der Waals surface area contributed by atoms with E-state index in [9.17, 15) is 13.2 Å². The number of nitrogens with one attached hydrogen (secondary N) is 1. The molecule has 1 heterocycles. The molecule has 0 saturated carbocycles. The molecule has 1 amide bonds. The van der Waals surface area contributed by atoms with Gasteiger partial charge in [-0.1, -0.05) is 0 Å². The van der Waals surface area contributed by atoms with E-state index in [0.717, 1.165) is 12.0 Å². The van der Waals surface area contributed by atoms with Crippen LogP contribution in [0, 0.1) is 12.8 Å². The summed E-state index contributed by atoms with van der Waals surface area (Å²) in [5, 5.41) is 2.90. The molecule has 7 nitrogen and oxygen atoms in total. The van der Waals surface area contributed by atoms with Gasteiger partial charge >= 0.3 is 0 Å². The highest BCUT2D eigenvalue weighted by atomic mass is 32.2. The fourth-order valence-corrected chi connectivity index (χ4v) is 4.91. The van der Waals surface area contributed by atoms with Crippen molar-refractivity contribution in [1.82, 2.24) is 9.62 Å². The van der Waals surface area contributed by atoms with Crippen LogP contribution in [0.25, 0.3) is 0 Å². The lowest BCUT2D eigenvalue weighted by molar-refractivity contribution is -0.126. The van der Waals surface area contributed by atoms with Gasteiger partial charge in [-0.2, -0.15) is 4.31 Å². The number of aryl methyl sites for hydroxylation is 1. The summed E-state index contributed by atoms with van der Waals surface area (Å²) in [4.78, 5) is 12.7. The summed E-state index contributed by atoms with van der Waals surface area (Å²) in [6.07, 6.45) is 2.12. The first-order chi connectivity index (χ1) is 13.4. The van der Waals surface area contributed by atoms with Crippen LogP contribution in [0.5, 0.6) is 5.75 Å². The van der Waals surface area contributed by atoms with Gasteiger partial charge in [0, 0.05) is 32.8 Å². The molecule has 1 N–H and O–H groups in total. The topological polar surface area (TPSA) is 84.9 Å². The number of hydrogen-bond donors (Lipinski definition) is 1. The second-order valence-electron chi connectivity index (χ2n) is 6.90. The first-order valence-electron chi connectivity index (χ1n) is 9.99. The summed E-state index contributed by atoms with van der Waals surface area (Å²) < 4.78 is 38.3. The van der Waals surface area contributed by atoms with Gasteiger partial charge < -0.3 is 14.8 Å². The van der Waals surface area contributed by atoms with Gasteiger partial charge in [0.05, 0.1) is 17.4 Å². The molecule has 0 spiro atoms. The normalized spacial score (nSPS) is 18.0. The van der Waals surface area contributed by atoms with Crippen molar-refractivity contribution in [2.75, 3.05) is 39.5 Å². The number of carbonyl (C=O) groups excluding carboxylic acids is 1. The highest BCUT2D eigenvalue weighted by Crippen LogP contribution is 2.27. The van der Waals surface area contributed by atoms with E-state index < -0.39 is 10.0 Å². The quantitative estimate of drug-likeness (QED) is 0.596. The van der Waals surface area contributed by atoms with Crippen molar-refractivity contribution in [3.05, 3.63) is 23.8 Å². The maximum atomic E-state index is 13.0. The largest absolute Gasteiger partial charge is 0.494 e. The van der Waals surface area contributed by atoms with Crippen LogP contribution in [0.4, 0.5) is 0 Å². The van der Waals surface area contributed by atoms with Crippen molar-refractivity contribution in [2.45, 2.75) is 44.9 Å². The second kappa shape index (κ2) is 10.8. The lowest BCUT2D eigenvalue weighted by atomic mass is 9.99. The van der Waals surface area contributed by atoms with Gasteiger partial charge in [0.15, 0.2) is 0 Å². The van der Waals surface area contributed by atoms with Crippen LogP contribution >= 0.6 is 0 Å². The van der Waals surface area contributed by atoms with Crippen LogP contribution in [-0.2, 0) is 19.6 Å². The molecular formula is C20H32N2O5S. The molecule has 1 saturated heterocycles. The first kappa shape index (κ1) is 22.6.